The van der Waals surface area contributed by atoms with Crippen molar-refractivity contribution in [2.24, 2.45) is 11.5 Å². The first-order chi connectivity index (χ1) is 19.3. The van der Waals surface area contributed by atoms with Gasteiger partial charge in [-0.2, -0.15) is 0 Å². The second kappa shape index (κ2) is 12.9. The molecule has 12 heteroatoms. The fourth-order valence-corrected chi connectivity index (χ4v) is 4.49. The van der Waals surface area contributed by atoms with Crippen LogP contribution in [0, 0.1) is 0 Å². The minimum absolute atomic E-state index is 0.160. The van der Waals surface area contributed by atoms with Crippen LogP contribution in [0.25, 0.3) is 0 Å². The number of carbonyl (C=O) groups excluding carboxylic acids is 4. The van der Waals surface area contributed by atoms with E-state index in [0.717, 1.165) is 25.9 Å². The predicted molar refractivity (Wildman–Crippen MR) is 154 cm³/mol. The number of hydrogen-bond acceptors (Lipinski definition) is 8. The summed E-state index contributed by atoms with van der Waals surface area (Å²) in [6.07, 6.45) is 5.90. The average molecular weight is 569 g/mol. The second-order valence-electron chi connectivity index (χ2n) is 11.0. The van der Waals surface area contributed by atoms with Gasteiger partial charge >= 0.3 is 6.09 Å². The molecule has 1 aromatic heterocycles. The van der Waals surface area contributed by atoms with E-state index in [4.69, 9.17) is 20.9 Å². The molecule has 0 atom stereocenters. The Morgan fingerprint density at radius 3 is 2.17 bits per heavy atom. The molecular formula is C29H40N6O6. The Balaban J connectivity index is 0.000000298. The number of nitrogens with zero attached hydrogens (tertiary/aromatic N) is 2. The van der Waals surface area contributed by atoms with Crippen LogP contribution in [0.1, 0.15) is 79.3 Å². The van der Waals surface area contributed by atoms with Crippen LogP contribution in [-0.2, 0) is 14.9 Å². The number of ether oxygens (including phenoxy) is 2. The number of carbonyl (C=O) groups is 4. The quantitative estimate of drug-likeness (QED) is 0.393. The first-order valence-corrected chi connectivity index (χ1v) is 13.6. The van der Waals surface area contributed by atoms with Gasteiger partial charge in [-0.25, -0.2) is 4.79 Å². The minimum atomic E-state index is -0.809. The van der Waals surface area contributed by atoms with Crippen molar-refractivity contribution in [2.75, 3.05) is 32.6 Å². The van der Waals surface area contributed by atoms with E-state index in [1.165, 1.54) is 32.8 Å². The first kappa shape index (κ1) is 31.2. The van der Waals surface area contributed by atoms with Crippen LogP contribution in [0.3, 0.4) is 0 Å². The Labute approximate surface area is 240 Å². The highest BCUT2D eigenvalue weighted by molar-refractivity contribution is 6.02. The van der Waals surface area contributed by atoms with Crippen LogP contribution in [0.15, 0.2) is 30.5 Å². The largest absolute Gasteiger partial charge is 0.494 e. The van der Waals surface area contributed by atoms with Crippen molar-refractivity contribution < 1.29 is 28.7 Å². The van der Waals surface area contributed by atoms with Gasteiger partial charge in [0.25, 0.3) is 11.8 Å². The summed E-state index contributed by atoms with van der Waals surface area (Å²) in [4.78, 5) is 53.4. The van der Waals surface area contributed by atoms with Gasteiger partial charge in [-0.15, -0.1) is 0 Å². The number of anilines is 2. The Morgan fingerprint density at radius 1 is 1.00 bits per heavy atom. The van der Waals surface area contributed by atoms with E-state index in [1.807, 2.05) is 20.8 Å². The van der Waals surface area contributed by atoms with Crippen molar-refractivity contribution in [3.8, 4) is 5.75 Å². The lowest BCUT2D eigenvalue weighted by atomic mass is 9.99. The zero-order valence-electron chi connectivity index (χ0n) is 24.3. The zero-order valence-corrected chi connectivity index (χ0v) is 24.3. The fourth-order valence-electron chi connectivity index (χ4n) is 4.49. The third-order valence-electron chi connectivity index (χ3n) is 6.85. The van der Waals surface area contributed by atoms with E-state index < -0.39 is 17.2 Å². The van der Waals surface area contributed by atoms with Crippen LogP contribution in [0.5, 0.6) is 5.75 Å². The number of piperidine rings is 1. The molecule has 41 heavy (non-hydrogen) atoms. The summed E-state index contributed by atoms with van der Waals surface area (Å²) in [6, 6.07) is 6.48. The normalized spacial score (nSPS) is 15.5. The monoisotopic (exact) mass is 568 g/mol. The van der Waals surface area contributed by atoms with Crippen molar-refractivity contribution in [3.63, 3.8) is 0 Å². The number of primary amides is 2. The number of pyridine rings is 1. The second-order valence-corrected chi connectivity index (χ2v) is 11.0. The summed E-state index contributed by atoms with van der Waals surface area (Å²) in [5.74, 6) is -1.22. The molecular weight excluding hydrogens is 528 g/mol. The molecule has 0 radical (unpaired) electrons. The SMILES string of the molecule is CC(C)(C)OC(=O)N1CCCCC1.CNC(=O)c1cnc(C2(C(N)=O)CC2)cc1Nc1cccc(C(N)=O)c1OC. The molecule has 1 saturated carbocycles. The van der Waals surface area contributed by atoms with Gasteiger partial charge in [0.15, 0.2) is 5.75 Å². The van der Waals surface area contributed by atoms with Crippen LogP contribution in [0.4, 0.5) is 16.2 Å². The zero-order chi connectivity index (χ0) is 30.4. The minimum Gasteiger partial charge on any atom is -0.494 e. The van der Waals surface area contributed by atoms with Crippen molar-refractivity contribution in [3.05, 3.63) is 47.3 Å². The van der Waals surface area contributed by atoms with Gasteiger partial charge in [0.2, 0.25) is 5.91 Å². The molecule has 1 aliphatic carbocycles. The molecule has 0 bridgehead atoms. The molecule has 0 unspecified atom stereocenters. The number of para-hydroxylation sites is 1. The van der Waals surface area contributed by atoms with Crippen molar-refractivity contribution >= 4 is 35.2 Å². The van der Waals surface area contributed by atoms with E-state index >= 15 is 0 Å². The van der Waals surface area contributed by atoms with Gasteiger partial charge in [-0.1, -0.05) is 6.07 Å². The van der Waals surface area contributed by atoms with Gasteiger partial charge in [-0.05, 0) is 71.1 Å². The highest BCUT2D eigenvalue weighted by Crippen LogP contribution is 2.48. The molecule has 1 aromatic carbocycles. The van der Waals surface area contributed by atoms with E-state index in [2.05, 4.69) is 15.6 Å². The number of amides is 4. The van der Waals surface area contributed by atoms with Crippen LogP contribution < -0.4 is 26.8 Å². The van der Waals surface area contributed by atoms with Gasteiger partial charge in [0.1, 0.15) is 5.60 Å². The number of methoxy groups -OCH3 is 1. The Morgan fingerprint density at radius 2 is 1.66 bits per heavy atom. The molecule has 1 saturated heterocycles. The summed E-state index contributed by atoms with van der Waals surface area (Å²) in [5.41, 5.74) is 11.5. The molecule has 2 fully saturated rings. The Hall–Kier alpha value is -4.35. The van der Waals surface area contributed by atoms with Gasteiger partial charge in [0.05, 0.1) is 40.7 Å². The van der Waals surface area contributed by atoms with Crippen LogP contribution >= 0.6 is 0 Å². The lowest BCUT2D eigenvalue weighted by Gasteiger charge is -2.29. The van der Waals surface area contributed by atoms with E-state index in [9.17, 15) is 19.2 Å². The average Bonchev–Trinajstić information content (AvgIpc) is 3.75. The summed E-state index contributed by atoms with van der Waals surface area (Å²) < 4.78 is 10.6. The molecule has 4 amide bonds. The maximum absolute atomic E-state index is 12.3. The van der Waals surface area contributed by atoms with Gasteiger partial charge in [0, 0.05) is 26.3 Å². The van der Waals surface area contributed by atoms with Gasteiger partial charge < -0.3 is 36.5 Å². The summed E-state index contributed by atoms with van der Waals surface area (Å²) in [5, 5.41) is 5.64. The van der Waals surface area contributed by atoms with Crippen molar-refractivity contribution in [1.82, 2.24) is 15.2 Å². The fraction of sp³-hybridized carbons (Fsp3) is 0.483. The highest BCUT2D eigenvalue weighted by atomic mass is 16.6. The van der Waals surface area contributed by atoms with E-state index in [-0.39, 0.29) is 34.5 Å². The molecule has 6 N–H and O–H groups in total. The summed E-state index contributed by atoms with van der Waals surface area (Å²) in [7, 11) is 2.91. The number of aromatic nitrogens is 1. The Kier molecular flexibility index (Phi) is 9.79. The van der Waals surface area contributed by atoms with Gasteiger partial charge in [-0.3, -0.25) is 19.4 Å². The molecule has 222 valence electrons. The molecule has 2 aromatic rings. The number of nitrogens with two attached hydrogens (primary N) is 2. The molecule has 1 aliphatic heterocycles. The number of likely N-dealkylation sites (tertiary alicyclic amines) is 1. The smallest absolute Gasteiger partial charge is 0.410 e. The lowest BCUT2D eigenvalue weighted by molar-refractivity contribution is -0.120. The topological polar surface area (TPSA) is 179 Å². The first-order valence-electron chi connectivity index (χ1n) is 13.6. The molecule has 2 heterocycles. The Bertz CT molecular complexity index is 1300. The van der Waals surface area contributed by atoms with Crippen molar-refractivity contribution in [2.45, 2.75) is 63.9 Å². The third kappa shape index (κ3) is 7.65. The number of rotatable bonds is 7. The molecule has 12 nitrogen and oxygen atoms in total. The molecule has 0 spiro atoms. The molecule has 2 aliphatic rings. The van der Waals surface area contributed by atoms with E-state index in [1.54, 1.807) is 23.1 Å². The molecule has 4 rings (SSSR count). The predicted octanol–water partition coefficient (Wildman–Crippen LogP) is 3.22. The maximum atomic E-state index is 12.3. The standard InChI is InChI=1S/C19H21N5O4.C10H19NO2/c1-22-17(26)11-9-23-14(19(6-7-19)18(21)27)8-13(11)24-12-5-3-4-10(16(20)25)15(12)28-2;1-10(2,3)13-9(12)11-7-5-4-6-8-11/h3-5,8-9H,6-7H2,1-2H3,(H2,20,25)(H2,21,27)(H,22,26)(H,23,24);4-8H2,1-3H3. The lowest BCUT2D eigenvalue weighted by Crippen LogP contribution is -2.39. The van der Waals surface area contributed by atoms with E-state index in [0.29, 0.717) is 29.9 Å². The maximum Gasteiger partial charge on any atom is 0.410 e. The van der Waals surface area contributed by atoms with Crippen LogP contribution in [0.2, 0.25) is 0 Å². The third-order valence-corrected chi connectivity index (χ3v) is 6.85. The number of nitrogens with one attached hydrogen (secondary N) is 2. The summed E-state index contributed by atoms with van der Waals surface area (Å²) >= 11 is 0. The van der Waals surface area contributed by atoms with Crippen LogP contribution in [-0.4, -0.2) is 66.5 Å². The summed E-state index contributed by atoms with van der Waals surface area (Å²) in [6.45, 7) is 7.41. The highest BCUT2D eigenvalue weighted by Gasteiger charge is 2.51. The number of benzene rings is 1. The van der Waals surface area contributed by atoms with Crippen molar-refractivity contribution in [1.29, 1.82) is 0 Å². The number of hydrogen-bond donors (Lipinski definition) is 4.